The molecule has 0 aliphatic carbocycles. The zero-order valence-electron chi connectivity index (χ0n) is 14.7. The lowest BCUT2D eigenvalue weighted by molar-refractivity contribution is -0.126. The summed E-state index contributed by atoms with van der Waals surface area (Å²) < 4.78 is 0. The number of aryl methyl sites for hydroxylation is 1. The molecule has 0 radical (unpaired) electrons. The average Bonchev–Trinajstić information content (AvgIpc) is 3.04. The Morgan fingerprint density at radius 2 is 1.96 bits per heavy atom. The highest BCUT2D eigenvalue weighted by Crippen LogP contribution is 2.26. The molecule has 1 N–H and O–H groups in total. The van der Waals surface area contributed by atoms with Crippen LogP contribution in [0.25, 0.3) is 0 Å². The molecule has 1 aliphatic heterocycles. The van der Waals surface area contributed by atoms with Crippen LogP contribution in [0.2, 0.25) is 0 Å². The number of carbonyl (C=O) groups is 2. The van der Waals surface area contributed by atoms with Crippen LogP contribution in [0.4, 0.5) is 5.69 Å². The Bertz CT molecular complexity index is 758. The van der Waals surface area contributed by atoms with Crippen molar-refractivity contribution in [3.8, 4) is 0 Å². The Morgan fingerprint density at radius 1 is 1.20 bits per heavy atom. The number of benzene rings is 2. The van der Waals surface area contributed by atoms with Crippen LogP contribution < -0.4 is 10.2 Å². The molecule has 4 heteroatoms. The van der Waals surface area contributed by atoms with Crippen LogP contribution in [0.5, 0.6) is 0 Å². The summed E-state index contributed by atoms with van der Waals surface area (Å²) in [6.07, 6.45) is 1.19. The Kier molecular flexibility index (Phi) is 5.17. The molecule has 0 unspecified atom stereocenters. The molecule has 0 aromatic heterocycles. The van der Waals surface area contributed by atoms with E-state index in [4.69, 9.17) is 0 Å². The maximum absolute atomic E-state index is 12.6. The molecule has 2 atom stereocenters. The maximum atomic E-state index is 12.6. The van der Waals surface area contributed by atoms with E-state index in [0.29, 0.717) is 6.54 Å². The number of nitrogens with one attached hydrogen (secondary N) is 1. The topological polar surface area (TPSA) is 49.4 Å². The number of rotatable bonds is 5. The second-order valence-corrected chi connectivity index (χ2v) is 6.57. The molecule has 2 aromatic rings. The Hall–Kier alpha value is -2.62. The highest BCUT2D eigenvalue weighted by Gasteiger charge is 2.35. The van der Waals surface area contributed by atoms with E-state index in [9.17, 15) is 9.59 Å². The molecule has 2 aromatic carbocycles. The van der Waals surface area contributed by atoms with Crippen molar-refractivity contribution < 1.29 is 9.59 Å². The van der Waals surface area contributed by atoms with Crippen LogP contribution in [-0.2, 0) is 16.0 Å². The van der Waals surface area contributed by atoms with E-state index in [1.165, 1.54) is 5.56 Å². The van der Waals surface area contributed by atoms with Crippen molar-refractivity contribution in [2.24, 2.45) is 5.92 Å². The van der Waals surface area contributed by atoms with Gasteiger partial charge in [0.25, 0.3) is 0 Å². The molecule has 3 rings (SSSR count). The molecule has 4 nitrogen and oxygen atoms in total. The lowest BCUT2D eigenvalue weighted by atomic mass is 10.1. The van der Waals surface area contributed by atoms with Crippen LogP contribution in [0.1, 0.15) is 37.4 Å². The van der Waals surface area contributed by atoms with E-state index in [1.807, 2.05) is 55.5 Å². The van der Waals surface area contributed by atoms with Crippen LogP contribution in [0.3, 0.4) is 0 Å². The molecule has 1 aliphatic rings. The van der Waals surface area contributed by atoms with Crippen molar-refractivity contribution in [1.82, 2.24) is 5.32 Å². The summed E-state index contributed by atoms with van der Waals surface area (Å²) in [6, 6.07) is 17.8. The molecule has 1 fully saturated rings. The van der Waals surface area contributed by atoms with Crippen molar-refractivity contribution in [2.75, 3.05) is 11.4 Å². The van der Waals surface area contributed by atoms with Crippen molar-refractivity contribution in [2.45, 2.75) is 32.7 Å². The summed E-state index contributed by atoms with van der Waals surface area (Å²) in [4.78, 5) is 26.7. The molecule has 2 amide bonds. The summed E-state index contributed by atoms with van der Waals surface area (Å²) in [5, 5.41) is 3.04. The zero-order chi connectivity index (χ0) is 17.8. The van der Waals surface area contributed by atoms with E-state index in [2.05, 4.69) is 18.3 Å². The zero-order valence-corrected chi connectivity index (χ0v) is 14.7. The Balaban J connectivity index is 1.66. The fourth-order valence-electron chi connectivity index (χ4n) is 3.23. The second kappa shape index (κ2) is 7.51. The minimum atomic E-state index is -0.302. The van der Waals surface area contributed by atoms with Gasteiger partial charge >= 0.3 is 0 Å². The predicted octanol–water partition coefficient (Wildman–Crippen LogP) is 3.48. The van der Waals surface area contributed by atoms with Crippen LogP contribution in [0, 0.1) is 5.92 Å². The first kappa shape index (κ1) is 17.2. The quantitative estimate of drug-likeness (QED) is 0.909. The summed E-state index contributed by atoms with van der Waals surface area (Å²) in [7, 11) is 0. The van der Waals surface area contributed by atoms with Gasteiger partial charge in [0.2, 0.25) is 11.8 Å². The summed E-state index contributed by atoms with van der Waals surface area (Å²) in [5.74, 6) is -0.344. The number of carbonyl (C=O) groups excluding carboxylic acids is 2. The number of nitrogens with zero attached hydrogens (tertiary/aromatic N) is 1. The van der Waals surface area contributed by atoms with Gasteiger partial charge in [-0.15, -0.1) is 0 Å². The van der Waals surface area contributed by atoms with Gasteiger partial charge in [-0.05, 0) is 36.6 Å². The lowest BCUT2D eigenvalue weighted by Gasteiger charge is -2.19. The second-order valence-electron chi connectivity index (χ2n) is 6.57. The van der Waals surface area contributed by atoms with Gasteiger partial charge in [0.15, 0.2) is 0 Å². The van der Waals surface area contributed by atoms with E-state index < -0.39 is 0 Å². The predicted molar refractivity (Wildman–Crippen MR) is 99.3 cm³/mol. The molecule has 25 heavy (non-hydrogen) atoms. The largest absolute Gasteiger partial charge is 0.349 e. The first-order valence-electron chi connectivity index (χ1n) is 8.83. The van der Waals surface area contributed by atoms with Crippen LogP contribution >= 0.6 is 0 Å². The number of hydrogen-bond donors (Lipinski definition) is 1. The fourth-order valence-corrected chi connectivity index (χ4v) is 3.23. The van der Waals surface area contributed by atoms with Gasteiger partial charge in [-0.3, -0.25) is 9.59 Å². The Labute approximate surface area is 148 Å². The van der Waals surface area contributed by atoms with Crippen molar-refractivity contribution in [1.29, 1.82) is 0 Å². The number of anilines is 1. The molecular formula is C21H24N2O2. The fraction of sp³-hybridized carbons (Fsp3) is 0.333. The first-order chi connectivity index (χ1) is 12.1. The van der Waals surface area contributed by atoms with Gasteiger partial charge in [0, 0.05) is 18.7 Å². The highest BCUT2D eigenvalue weighted by molar-refractivity contribution is 6.00. The average molecular weight is 336 g/mol. The normalized spacial score (nSPS) is 18.2. The number of amides is 2. The molecular weight excluding hydrogens is 312 g/mol. The lowest BCUT2D eigenvalue weighted by Crippen LogP contribution is -2.34. The molecule has 0 spiro atoms. The molecule has 0 bridgehead atoms. The van der Waals surface area contributed by atoms with Crippen LogP contribution in [0.15, 0.2) is 54.6 Å². The monoisotopic (exact) mass is 336 g/mol. The maximum Gasteiger partial charge on any atom is 0.227 e. The highest BCUT2D eigenvalue weighted by atomic mass is 16.2. The van der Waals surface area contributed by atoms with Gasteiger partial charge in [-0.25, -0.2) is 0 Å². The van der Waals surface area contributed by atoms with E-state index >= 15 is 0 Å². The number of hydrogen-bond acceptors (Lipinski definition) is 2. The third kappa shape index (κ3) is 3.90. The minimum absolute atomic E-state index is 0.0146. The standard InChI is InChI=1S/C21H24N2O2/c1-3-16-8-7-11-19(12-16)23-14-18(13-20(23)24)21(25)22-15(2)17-9-5-4-6-10-17/h4-12,15,18H,3,13-14H2,1-2H3,(H,22,25)/t15-,18+/m1/s1. The molecule has 0 saturated carbocycles. The molecule has 1 saturated heterocycles. The van der Waals surface area contributed by atoms with Gasteiger partial charge in [-0.1, -0.05) is 49.4 Å². The van der Waals surface area contributed by atoms with E-state index in [0.717, 1.165) is 17.7 Å². The first-order valence-corrected chi connectivity index (χ1v) is 8.83. The van der Waals surface area contributed by atoms with Crippen molar-refractivity contribution in [3.05, 3.63) is 65.7 Å². The van der Waals surface area contributed by atoms with Gasteiger partial charge in [-0.2, -0.15) is 0 Å². The summed E-state index contributed by atoms with van der Waals surface area (Å²) in [5.41, 5.74) is 3.14. The van der Waals surface area contributed by atoms with Crippen molar-refractivity contribution >= 4 is 17.5 Å². The van der Waals surface area contributed by atoms with Crippen molar-refractivity contribution in [3.63, 3.8) is 0 Å². The van der Waals surface area contributed by atoms with E-state index in [1.54, 1.807) is 4.90 Å². The smallest absolute Gasteiger partial charge is 0.227 e. The third-order valence-electron chi connectivity index (χ3n) is 4.78. The summed E-state index contributed by atoms with van der Waals surface area (Å²) in [6.45, 7) is 4.50. The summed E-state index contributed by atoms with van der Waals surface area (Å²) >= 11 is 0. The SMILES string of the molecule is CCc1cccc(N2C[C@@H](C(=O)N[C@H](C)c3ccccc3)CC2=O)c1. The van der Waals surface area contributed by atoms with E-state index in [-0.39, 0.29) is 30.2 Å². The Morgan fingerprint density at radius 3 is 2.68 bits per heavy atom. The van der Waals surface area contributed by atoms with Gasteiger partial charge < -0.3 is 10.2 Å². The molecule has 130 valence electrons. The van der Waals surface area contributed by atoms with Gasteiger partial charge in [0.05, 0.1) is 12.0 Å². The molecule has 1 heterocycles. The van der Waals surface area contributed by atoms with Gasteiger partial charge in [0.1, 0.15) is 0 Å². The minimum Gasteiger partial charge on any atom is -0.349 e. The third-order valence-corrected chi connectivity index (χ3v) is 4.78. The van der Waals surface area contributed by atoms with Crippen LogP contribution in [-0.4, -0.2) is 18.4 Å².